The SMILES string of the molecule is CNC(=O)NC(C)(C(F)F)C(NC(=O)c1ccc(C#CC#Cc2cnco2)cc1)C(=O)NO. The molecule has 2 aromatic rings. The van der Waals surface area contributed by atoms with Crippen molar-refractivity contribution >= 4 is 17.8 Å². The number of carbonyl (C=O) groups excluding carboxylic acids is 3. The minimum Gasteiger partial charge on any atom is -0.435 e. The van der Waals surface area contributed by atoms with Crippen LogP contribution in [0.15, 0.2) is 41.3 Å². The number of nitrogens with one attached hydrogen (secondary N) is 4. The highest BCUT2D eigenvalue weighted by Crippen LogP contribution is 2.21. The zero-order valence-corrected chi connectivity index (χ0v) is 17.4. The van der Waals surface area contributed by atoms with Crippen molar-refractivity contribution in [2.45, 2.75) is 24.9 Å². The Morgan fingerprint density at radius 1 is 1.15 bits per heavy atom. The summed E-state index contributed by atoms with van der Waals surface area (Å²) in [7, 11) is 1.19. The van der Waals surface area contributed by atoms with Crippen molar-refractivity contribution in [2.75, 3.05) is 7.05 Å². The minimum atomic E-state index is -3.28. The Bertz CT molecular complexity index is 1110. The highest BCUT2D eigenvalue weighted by Gasteiger charge is 2.48. The van der Waals surface area contributed by atoms with Gasteiger partial charge in [0.25, 0.3) is 18.2 Å². The molecule has 0 aliphatic heterocycles. The summed E-state index contributed by atoms with van der Waals surface area (Å²) in [4.78, 5) is 40.0. The molecule has 5 N–H and O–H groups in total. The van der Waals surface area contributed by atoms with Gasteiger partial charge in [-0.2, -0.15) is 0 Å². The summed E-state index contributed by atoms with van der Waals surface area (Å²) < 4.78 is 32.5. The molecule has 0 radical (unpaired) electrons. The van der Waals surface area contributed by atoms with Crippen LogP contribution in [0.5, 0.6) is 0 Å². The maximum Gasteiger partial charge on any atom is 0.315 e. The maximum atomic E-state index is 13.8. The van der Waals surface area contributed by atoms with Crippen molar-refractivity contribution in [1.82, 2.24) is 26.4 Å². The normalized spacial score (nSPS) is 12.7. The summed E-state index contributed by atoms with van der Waals surface area (Å²) in [6.07, 6.45) is -0.627. The summed E-state index contributed by atoms with van der Waals surface area (Å²) in [6.45, 7) is 0.853. The molecule has 0 bridgehead atoms. The Morgan fingerprint density at radius 3 is 2.36 bits per heavy atom. The van der Waals surface area contributed by atoms with E-state index >= 15 is 0 Å². The first-order valence-corrected chi connectivity index (χ1v) is 9.24. The third-order valence-corrected chi connectivity index (χ3v) is 4.35. The second kappa shape index (κ2) is 11.3. The molecule has 0 saturated heterocycles. The van der Waals surface area contributed by atoms with Gasteiger partial charge in [-0.1, -0.05) is 5.92 Å². The summed E-state index contributed by atoms with van der Waals surface area (Å²) >= 11 is 0. The zero-order chi connectivity index (χ0) is 24.4. The number of aromatic nitrogens is 1. The molecule has 0 saturated carbocycles. The first-order chi connectivity index (χ1) is 15.7. The molecule has 10 nitrogen and oxygen atoms in total. The van der Waals surface area contributed by atoms with Crippen LogP contribution in [-0.4, -0.2) is 53.1 Å². The lowest BCUT2D eigenvalue weighted by Gasteiger charge is -2.36. The topological polar surface area (TPSA) is 146 Å². The van der Waals surface area contributed by atoms with Gasteiger partial charge < -0.3 is 20.4 Å². The number of hydrogen-bond acceptors (Lipinski definition) is 6. The first kappa shape index (κ1) is 24.8. The van der Waals surface area contributed by atoms with E-state index in [1.807, 2.05) is 5.32 Å². The van der Waals surface area contributed by atoms with Gasteiger partial charge in [0.15, 0.2) is 12.2 Å². The van der Waals surface area contributed by atoms with Crippen molar-refractivity contribution in [2.24, 2.45) is 0 Å². The van der Waals surface area contributed by atoms with Gasteiger partial charge in [0, 0.05) is 18.2 Å². The van der Waals surface area contributed by atoms with Crippen molar-refractivity contribution in [3.05, 3.63) is 53.7 Å². The monoisotopic (exact) mass is 459 g/mol. The standard InChI is InChI=1S/C21H19F2N5O5/c1-21(19(22)23,27-20(31)24-2)16(18(30)28-32)26-17(29)14-9-7-13(8-10-14)5-3-4-6-15-11-25-12-33-15/h7-12,16,19,32H,1-2H3,(H,26,29)(H,28,30)(H2,24,27,31). The van der Waals surface area contributed by atoms with Crippen LogP contribution < -0.4 is 21.4 Å². The van der Waals surface area contributed by atoms with E-state index in [9.17, 15) is 23.2 Å². The predicted octanol–water partition coefficient (Wildman–Crippen LogP) is 0.634. The van der Waals surface area contributed by atoms with Crippen LogP contribution in [0.2, 0.25) is 0 Å². The van der Waals surface area contributed by atoms with E-state index in [1.165, 1.54) is 49.4 Å². The average molecular weight is 459 g/mol. The zero-order valence-electron chi connectivity index (χ0n) is 17.4. The van der Waals surface area contributed by atoms with Crippen molar-refractivity contribution in [3.63, 3.8) is 0 Å². The molecule has 0 aliphatic rings. The van der Waals surface area contributed by atoms with E-state index in [4.69, 9.17) is 9.62 Å². The summed E-state index contributed by atoms with van der Waals surface area (Å²) in [5, 5.41) is 15.1. The molecule has 1 aromatic heterocycles. The first-order valence-electron chi connectivity index (χ1n) is 9.24. The van der Waals surface area contributed by atoms with E-state index in [0.29, 0.717) is 11.3 Å². The molecule has 172 valence electrons. The van der Waals surface area contributed by atoms with E-state index in [0.717, 1.165) is 6.92 Å². The third kappa shape index (κ3) is 6.53. The minimum absolute atomic E-state index is 0.0144. The van der Waals surface area contributed by atoms with Gasteiger partial charge in [-0.15, -0.1) is 0 Å². The number of hydrogen-bond donors (Lipinski definition) is 5. The number of benzene rings is 1. The molecule has 0 aliphatic carbocycles. The van der Waals surface area contributed by atoms with Crippen LogP contribution in [0.1, 0.15) is 28.6 Å². The van der Waals surface area contributed by atoms with Gasteiger partial charge in [-0.25, -0.2) is 24.0 Å². The fourth-order valence-corrected chi connectivity index (χ4v) is 2.51. The number of carbonyl (C=O) groups is 3. The molecular weight excluding hydrogens is 440 g/mol. The van der Waals surface area contributed by atoms with Crippen LogP contribution in [0.25, 0.3) is 0 Å². The van der Waals surface area contributed by atoms with Crippen molar-refractivity contribution in [3.8, 4) is 23.7 Å². The maximum absolute atomic E-state index is 13.8. The summed E-state index contributed by atoms with van der Waals surface area (Å²) in [6, 6.07) is 2.63. The smallest absolute Gasteiger partial charge is 0.315 e. The largest absolute Gasteiger partial charge is 0.435 e. The number of amides is 4. The number of urea groups is 1. The van der Waals surface area contributed by atoms with Gasteiger partial charge >= 0.3 is 6.03 Å². The Kier molecular flexibility index (Phi) is 8.49. The van der Waals surface area contributed by atoms with Crippen LogP contribution in [0, 0.1) is 23.7 Å². The van der Waals surface area contributed by atoms with E-state index < -0.39 is 35.9 Å². The number of oxazole rings is 1. The van der Waals surface area contributed by atoms with E-state index in [1.54, 1.807) is 0 Å². The molecule has 2 unspecified atom stereocenters. The second-order valence-electron chi connectivity index (χ2n) is 6.61. The van der Waals surface area contributed by atoms with Crippen molar-refractivity contribution < 1.29 is 32.8 Å². The molecule has 2 atom stereocenters. The third-order valence-electron chi connectivity index (χ3n) is 4.35. The fraction of sp³-hybridized carbons (Fsp3) is 0.238. The van der Waals surface area contributed by atoms with Crippen LogP contribution in [0.3, 0.4) is 0 Å². The van der Waals surface area contributed by atoms with Crippen LogP contribution in [-0.2, 0) is 4.79 Å². The number of rotatable bonds is 6. The summed E-state index contributed by atoms with van der Waals surface area (Å²) in [5.74, 6) is 8.62. The molecule has 0 fully saturated rings. The number of nitrogens with zero attached hydrogens (tertiary/aromatic N) is 1. The lowest BCUT2D eigenvalue weighted by molar-refractivity contribution is -0.135. The van der Waals surface area contributed by atoms with Crippen molar-refractivity contribution in [1.29, 1.82) is 0 Å². The highest BCUT2D eigenvalue weighted by atomic mass is 19.3. The van der Waals surface area contributed by atoms with Gasteiger partial charge in [-0.05, 0) is 49.0 Å². The fourth-order valence-electron chi connectivity index (χ4n) is 2.51. The van der Waals surface area contributed by atoms with Gasteiger partial charge in [0.1, 0.15) is 11.6 Å². The second-order valence-corrected chi connectivity index (χ2v) is 6.61. The van der Waals surface area contributed by atoms with Crippen LogP contribution in [0.4, 0.5) is 13.6 Å². The average Bonchev–Trinajstić information content (AvgIpc) is 3.33. The van der Waals surface area contributed by atoms with Gasteiger partial charge in [-0.3, -0.25) is 14.8 Å². The molecule has 1 heterocycles. The molecule has 0 spiro atoms. The quantitative estimate of drug-likeness (QED) is 0.243. The molecular formula is C21H19F2N5O5. The summed E-state index contributed by atoms with van der Waals surface area (Å²) in [5.41, 5.74) is -0.808. The van der Waals surface area contributed by atoms with Crippen LogP contribution >= 0.6 is 0 Å². The Hall–Kier alpha value is -4.42. The molecule has 4 amide bonds. The molecule has 1 aromatic carbocycles. The van der Waals surface area contributed by atoms with E-state index in [-0.39, 0.29) is 5.56 Å². The highest BCUT2D eigenvalue weighted by molar-refractivity contribution is 5.98. The number of hydroxylamine groups is 1. The predicted molar refractivity (Wildman–Crippen MR) is 110 cm³/mol. The lowest BCUT2D eigenvalue weighted by atomic mass is 9.91. The van der Waals surface area contributed by atoms with Gasteiger partial charge in [0.2, 0.25) is 0 Å². The van der Waals surface area contributed by atoms with Gasteiger partial charge in [0.05, 0.1) is 6.20 Å². The lowest BCUT2D eigenvalue weighted by Crippen LogP contribution is -2.69. The number of alkyl halides is 2. The molecule has 2 rings (SSSR count). The Labute approximate surface area is 187 Å². The molecule has 12 heteroatoms. The van der Waals surface area contributed by atoms with E-state index in [2.05, 4.69) is 39.3 Å². The Morgan fingerprint density at radius 2 is 1.82 bits per heavy atom. The Balaban J connectivity index is 2.19. The number of halogens is 2. The molecule has 33 heavy (non-hydrogen) atoms.